The molecule has 0 aromatic heterocycles. The molecule has 3 atom stereocenters. The maximum Gasteiger partial charge on any atom is 0.218 e. The molecule has 0 radical (unpaired) electrons. The molecule has 0 N–H and O–H groups in total. The second-order valence-corrected chi connectivity index (χ2v) is 4.26. The summed E-state index contributed by atoms with van der Waals surface area (Å²) in [4.78, 5) is 5.84. The Labute approximate surface area is 94.2 Å². The van der Waals surface area contributed by atoms with E-state index in [-0.39, 0.29) is 12.0 Å². The first-order valence-corrected chi connectivity index (χ1v) is 5.54. The van der Waals surface area contributed by atoms with Crippen LogP contribution >= 0.6 is 0 Å². The summed E-state index contributed by atoms with van der Waals surface area (Å²) >= 11 is 0. The van der Waals surface area contributed by atoms with Crippen molar-refractivity contribution in [1.82, 2.24) is 0 Å². The predicted octanol–water partition coefficient (Wildman–Crippen LogP) is 2.24. The molecule has 1 aliphatic carbocycles. The highest BCUT2D eigenvalue weighted by Crippen LogP contribution is 2.36. The largest absolute Gasteiger partial charge is 0.399 e. The monoisotopic (exact) mass is 215 g/mol. The second-order valence-electron chi connectivity index (χ2n) is 4.26. The zero-order chi connectivity index (χ0) is 11.0. The fraction of sp³-hybridized carbons (Fsp3) is 0.308. The molecule has 16 heavy (non-hydrogen) atoms. The van der Waals surface area contributed by atoms with Crippen LogP contribution in [0.3, 0.4) is 0 Å². The van der Waals surface area contributed by atoms with E-state index in [2.05, 4.69) is 24.3 Å². The Morgan fingerprint density at radius 1 is 1.25 bits per heavy atom. The van der Waals surface area contributed by atoms with E-state index in [1.165, 1.54) is 5.56 Å². The number of rotatable bonds is 1. The van der Waals surface area contributed by atoms with E-state index in [1.807, 2.05) is 18.2 Å². The molecular formula is C13H13NO2. The van der Waals surface area contributed by atoms with Crippen LogP contribution in [0.15, 0.2) is 42.5 Å². The smallest absolute Gasteiger partial charge is 0.218 e. The third kappa shape index (κ3) is 1.48. The van der Waals surface area contributed by atoms with E-state index < -0.39 is 0 Å². The van der Waals surface area contributed by atoms with Gasteiger partial charge in [0.2, 0.25) is 6.21 Å². The van der Waals surface area contributed by atoms with Gasteiger partial charge in [0.1, 0.15) is 0 Å². The number of hydrogen-bond acceptors (Lipinski definition) is 2. The van der Waals surface area contributed by atoms with Crippen LogP contribution in [-0.2, 0) is 4.84 Å². The van der Waals surface area contributed by atoms with Gasteiger partial charge in [0, 0.05) is 10.8 Å². The maximum atomic E-state index is 11.4. The molecule has 1 heterocycles. The summed E-state index contributed by atoms with van der Waals surface area (Å²) in [5, 5.41) is 11.4. The van der Waals surface area contributed by atoms with E-state index in [0.717, 1.165) is 6.42 Å². The first-order valence-electron chi connectivity index (χ1n) is 5.54. The standard InChI is InChI=1S/C13H13NO2/c15-14-9-12(10-5-2-1-3-6-10)11-7-4-8-13(11)16-14/h1-7,9,11-13H,8H2/t11-,12+,13-/m1/s1. The second kappa shape index (κ2) is 3.67. The van der Waals surface area contributed by atoms with Gasteiger partial charge in [0.25, 0.3) is 0 Å². The van der Waals surface area contributed by atoms with E-state index in [4.69, 9.17) is 4.84 Å². The minimum atomic E-state index is 0.00714. The first kappa shape index (κ1) is 9.46. The van der Waals surface area contributed by atoms with Gasteiger partial charge >= 0.3 is 0 Å². The Balaban J connectivity index is 1.98. The van der Waals surface area contributed by atoms with Crippen molar-refractivity contribution in [1.29, 1.82) is 0 Å². The zero-order valence-corrected chi connectivity index (χ0v) is 8.82. The highest BCUT2D eigenvalue weighted by atomic mass is 16.9. The van der Waals surface area contributed by atoms with E-state index >= 15 is 0 Å². The van der Waals surface area contributed by atoms with Crippen LogP contribution in [0.25, 0.3) is 0 Å². The minimum Gasteiger partial charge on any atom is -0.399 e. The third-order valence-corrected chi connectivity index (χ3v) is 3.28. The Morgan fingerprint density at radius 3 is 2.88 bits per heavy atom. The van der Waals surface area contributed by atoms with Crippen LogP contribution in [0.5, 0.6) is 0 Å². The Morgan fingerprint density at radius 2 is 2.06 bits per heavy atom. The lowest BCUT2D eigenvalue weighted by Gasteiger charge is -2.30. The van der Waals surface area contributed by atoms with Gasteiger partial charge in [0.05, 0.1) is 12.0 Å². The molecule has 3 nitrogen and oxygen atoms in total. The van der Waals surface area contributed by atoms with Crippen LogP contribution in [0.4, 0.5) is 0 Å². The van der Waals surface area contributed by atoms with Gasteiger partial charge in [-0.2, -0.15) is 0 Å². The van der Waals surface area contributed by atoms with Gasteiger partial charge in [-0.1, -0.05) is 42.5 Å². The summed E-state index contributed by atoms with van der Waals surface area (Å²) in [5.41, 5.74) is 1.17. The lowest BCUT2D eigenvalue weighted by molar-refractivity contribution is -0.756. The highest BCUT2D eigenvalue weighted by molar-refractivity contribution is 5.65. The minimum absolute atomic E-state index is 0.00714. The van der Waals surface area contributed by atoms with Crippen molar-refractivity contribution in [3.63, 3.8) is 0 Å². The Hall–Kier alpha value is -1.77. The summed E-state index contributed by atoms with van der Waals surface area (Å²) in [6.07, 6.45) is 6.71. The van der Waals surface area contributed by atoms with E-state index in [9.17, 15) is 5.21 Å². The molecule has 0 fully saturated rings. The van der Waals surface area contributed by atoms with Crippen LogP contribution in [-0.4, -0.2) is 17.2 Å². The number of hydrogen-bond donors (Lipinski definition) is 0. The van der Waals surface area contributed by atoms with Crippen molar-refractivity contribution in [2.75, 3.05) is 0 Å². The quantitative estimate of drug-likeness (QED) is 0.532. The third-order valence-electron chi connectivity index (χ3n) is 3.28. The van der Waals surface area contributed by atoms with Crippen LogP contribution in [0, 0.1) is 11.1 Å². The average molecular weight is 215 g/mol. The summed E-state index contributed by atoms with van der Waals surface area (Å²) in [5.74, 6) is 0.434. The summed E-state index contributed by atoms with van der Waals surface area (Å²) in [6.45, 7) is 0. The van der Waals surface area contributed by atoms with E-state index in [0.29, 0.717) is 10.8 Å². The Kier molecular flexibility index (Phi) is 2.17. The molecule has 0 spiro atoms. The molecule has 1 aliphatic heterocycles. The number of fused-ring (bicyclic) bond motifs is 1. The molecule has 0 bridgehead atoms. The average Bonchev–Trinajstić information content (AvgIpc) is 2.77. The summed E-state index contributed by atoms with van der Waals surface area (Å²) in [6, 6.07) is 10.1. The molecule has 82 valence electrons. The van der Waals surface area contributed by atoms with Crippen molar-refractivity contribution in [2.45, 2.75) is 18.4 Å². The van der Waals surface area contributed by atoms with Crippen LogP contribution < -0.4 is 0 Å². The maximum absolute atomic E-state index is 11.4. The predicted molar refractivity (Wildman–Crippen MR) is 61.0 cm³/mol. The fourth-order valence-electron chi connectivity index (χ4n) is 2.50. The highest BCUT2D eigenvalue weighted by Gasteiger charge is 2.36. The fourth-order valence-corrected chi connectivity index (χ4v) is 2.50. The molecular weight excluding hydrogens is 202 g/mol. The van der Waals surface area contributed by atoms with Gasteiger partial charge in [0.15, 0.2) is 0 Å². The van der Waals surface area contributed by atoms with Gasteiger partial charge in [-0.3, -0.25) is 5.21 Å². The molecule has 0 amide bonds. The molecule has 0 saturated heterocycles. The molecule has 1 aromatic rings. The van der Waals surface area contributed by atoms with Crippen molar-refractivity contribution in [3.8, 4) is 0 Å². The SMILES string of the molecule is [O-][N+]1=C[C@@H](c2ccccc2)[C@H]2C=CC[C@H]2O1. The van der Waals surface area contributed by atoms with Crippen molar-refractivity contribution in [3.05, 3.63) is 53.3 Å². The molecule has 3 heteroatoms. The summed E-state index contributed by atoms with van der Waals surface area (Å²) in [7, 11) is 0. The van der Waals surface area contributed by atoms with Gasteiger partial charge in [-0.25, -0.2) is 0 Å². The topological polar surface area (TPSA) is 35.3 Å². The van der Waals surface area contributed by atoms with Crippen molar-refractivity contribution in [2.24, 2.45) is 5.92 Å². The lowest BCUT2D eigenvalue weighted by atomic mass is 9.84. The van der Waals surface area contributed by atoms with Gasteiger partial charge in [-0.05, 0) is 12.0 Å². The van der Waals surface area contributed by atoms with Crippen LogP contribution in [0.2, 0.25) is 0 Å². The number of benzene rings is 1. The first-order chi connectivity index (χ1) is 7.84. The van der Waals surface area contributed by atoms with Crippen molar-refractivity contribution < 1.29 is 9.74 Å². The van der Waals surface area contributed by atoms with Crippen LogP contribution in [0.1, 0.15) is 17.9 Å². The van der Waals surface area contributed by atoms with Gasteiger partial charge in [-0.15, -0.1) is 0 Å². The zero-order valence-electron chi connectivity index (χ0n) is 8.82. The van der Waals surface area contributed by atoms with Crippen molar-refractivity contribution >= 4 is 6.21 Å². The molecule has 0 saturated carbocycles. The normalized spacial score (nSPS) is 31.8. The lowest BCUT2D eigenvalue weighted by Crippen LogP contribution is -2.35. The molecule has 3 rings (SSSR count). The molecule has 2 aliphatic rings. The van der Waals surface area contributed by atoms with Gasteiger partial charge < -0.3 is 4.84 Å². The summed E-state index contributed by atoms with van der Waals surface area (Å²) < 4.78 is 0. The van der Waals surface area contributed by atoms with E-state index in [1.54, 1.807) is 6.21 Å². The Bertz CT molecular complexity index is 439. The number of nitrogens with zero attached hydrogens (tertiary/aromatic N) is 1. The molecule has 0 unspecified atom stereocenters. The molecule has 1 aromatic carbocycles.